The molecule has 0 unspecified atom stereocenters. The monoisotopic (exact) mass is 385 g/mol. The number of aromatic nitrogens is 2. The Hall–Kier alpha value is -3.73. The number of rotatable bonds is 4. The Bertz CT molecular complexity index is 1050. The molecule has 0 atom stereocenters. The minimum absolute atomic E-state index is 0.00375. The van der Waals surface area contributed by atoms with Gasteiger partial charge in [-0.2, -0.15) is 4.99 Å². The number of nitrogens with one attached hydrogen (secondary N) is 3. The number of nitro benzene ring substituents is 1. The first-order chi connectivity index (χ1) is 13.0. The van der Waals surface area contributed by atoms with Crippen LogP contribution in [0.4, 0.5) is 17.3 Å². The van der Waals surface area contributed by atoms with Gasteiger partial charge in [0.25, 0.3) is 5.69 Å². The van der Waals surface area contributed by atoms with Crippen molar-refractivity contribution in [2.24, 2.45) is 10.7 Å². The van der Waals surface area contributed by atoms with Crippen LogP contribution in [0.15, 0.2) is 47.5 Å². The van der Waals surface area contributed by atoms with Crippen molar-refractivity contribution in [3.8, 4) is 5.75 Å². The lowest BCUT2D eigenvalue weighted by atomic mass is 10.3. The summed E-state index contributed by atoms with van der Waals surface area (Å²) in [6.45, 7) is 0. The second-order valence-corrected chi connectivity index (χ2v) is 5.68. The molecule has 3 aromatic rings. The van der Waals surface area contributed by atoms with Gasteiger partial charge in [-0.1, -0.05) is 12.1 Å². The molecule has 0 bridgehead atoms. The second kappa shape index (κ2) is 7.66. The highest BCUT2D eigenvalue weighted by Crippen LogP contribution is 2.23. The molecule has 0 saturated heterocycles. The van der Waals surface area contributed by atoms with E-state index in [9.17, 15) is 10.1 Å². The van der Waals surface area contributed by atoms with Crippen LogP contribution in [-0.2, 0) is 0 Å². The Morgan fingerprint density at radius 3 is 2.85 bits per heavy atom. The van der Waals surface area contributed by atoms with Gasteiger partial charge in [-0.3, -0.25) is 15.4 Å². The topological polar surface area (TPSA) is 143 Å². The number of aliphatic imine (C=N–C) groups is 1. The molecule has 0 fully saturated rings. The summed E-state index contributed by atoms with van der Waals surface area (Å²) in [5.74, 6) is 0.892. The lowest BCUT2D eigenvalue weighted by Crippen LogP contribution is -2.25. The zero-order valence-corrected chi connectivity index (χ0v) is 14.9. The van der Waals surface area contributed by atoms with Gasteiger partial charge >= 0.3 is 0 Å². The largest absolute Gasteiger partial charge is 0.495 e. The Labute approximate surface area is 158 Å². The van der Waals surface area contributed by atoms with E-state index in [0.29, 0.717) is 22.5 Å². The van der Waals surface area contributed by atoms with E-state index in [2.05, 4.69) is 25.6 Å². The molecular weight excluding hydrogens is 370 g/mol. The minimum atomic E-state index is -0.481. The quantitative estimate of drug-likeness (QED) is 0.176. The average molecular weight is 385 g/mol. The van der Waals surface area contributed by atoms with E-state index < -0.39 is 4.92 Å². The number of ether oxygens (including phenoxy) is 1. The zero-order valence-electron chi connectivity index (χ0n) is 14.1. The van der Waals surface area contributed by atoms with Crippen molar-refractivity contribution < 1.29 is 9.66 Å². The minimum Gasteiger partial charge on any atom is -0.495 e. The van der Waals surface area contributed by atoms with Crippen molar-refractivity contribution in [2.75, 3.05) is 17.7 Å². The highest BCUT2D eigenvalue weighted by atomic mass is 32.1. The van der Waals surface area contributed by atoms with E-state index in [-0.39, 0.29) is 22.7 Å². The van der Waals surface area contributed by atoms with Gasteiger partial charge in [0.05, 0.1) is 28.8 Å². The van der Waals surface area contributed by atoms with Crippen molar-refractivity contribution in [1.29, 1.82) is 0 Å². The number of guanidine groups is 1. The number of imidazole rings is 1. The van der Waals surface area contributed by atoms with Crippen LogP contribution in [0.1, 0.15) is 0 Å². The number of aromatic amines is 1. The molecule has 11 heteroatoms. The van der Waals surface area contributed by atoms with E-state index in [1.165, 1.54) is 18.2 Å². The van der Waals surface area contributed by atoms with Crippen LogP contribution >= 0.6 is 12.2 Å². The molecule has 2 aromatic carbocycles. The standard InChI is InChI=1S/C16H15N7O3S/c1-26-13-5-3-2-4-11(13)20-16(27)22-14(17)21-15-18-10-7-6-9(23(24)25)8-12(10)19-15/h2-8H,1H3,(H5,17,18,19,20,21,22,27). The van der Waals surface area contributed by atoms with Gasteiger partial charge in [0, 0.05) is 12.1 Å². The summed E-state index contributed by atoms with van der Waals surface area (Å²) in [6.07, 6.45) is 0. The summed E-state index contributed by atoms with van der Waals surface area (Å²) in [6, 6.07) is 11.5. The summed E-state index contributed by atoms with van der Waals surface area (Å²) < 4.78 is 5.23. The number of para-hydroxylation sites is 2. The van der Waals surface area contributed by atoms with Gasteiger partial charge < -0.3 is 20.8 Å². The van der Waals surface area contributed by atoms with Crippen LogP contribution in [0.25, 0.3) is 11.0 Å². The van der Waals surface area contributed by atoms with Crippen molar-refractivity contribution in [3.63, 3.8) is 0 Å². The van der Waals surface area contributed by atoms with Crippen LogP contribution < -0.4 is 21.1 Å². The molecule has 5 N–H and O–H groups in total. The molecule has 0 radical (unpaired) electrons. The fraction of sp³-hybridized carbons (Fsp3) is 0.0625. The van der Waals surface area contributed by atoms with Gasteiger partial charge in [-0.15, -0.1) is 0 Å². The highest BCUT2D eigenvalue weighted by Gasteiger charge is 2.10. The number of hydrogen-bond donors (Lipinski definition) is 4. The predicted octanol–water partition coefficient (Wildman–Crippen LogP) is 2.60. The van der Waals surface area contributed by atoms with Crippen molar-refractivity contribution in [3.05, 3.63) is 52.6 Å². The number of nitrogens with two attached hydrogens (primary N) is 1. The average Bonchev–Trinajstić information content (AvgIpc) is 3.02. The molecule has 0 aliphatic rings. The lowest BCUT2D eigenvalue weighted by Gasteiger charge is -2.09. The van der Waals surface area contributed by atoms with E-state index in [1.54, 1.807) is 19.2 Å². The molecule has 0 spiro atoms. The first-order valence-electron chi connectivity index (χ1n) is 7.65. The van der Waals surface area contributed by atoms with Gasteiger partial charge in [-0.05, 0) is 30.4 Å². The maximum atomic E-state index is 10.8. The second-order valence-electron chi connectivity index (χ2n) is 5.30. The summed E-state index contributed by atoms with van der Waals surface area (Å²) in [5.41, 5.74) is 7.49. The van der Waals surface area contributed by atoms with Crippen molar-refractivity contribution in [1.82, 2.24) is 9.97 Å². The fourth-order valence-corrected chi connectivity index (χ4v) is 2.53. The Kier molecular flexibility index (Phi) is 5.13. The molecule has 138 valence electrons. The van der Waals surface area contributed by atoms with E-state index in [1.807, 2.05) is 12.1 Å². The summed E-state index contributed by atoms with van der Waals surface area (Å²) >= 11 is 5.17. The number of nitro groups is 1. The van der Waals surface area contributed by atoms with Crippen molar-refractivity contribution >= 4 is 51.6 Å². The lowest BCUT2D eigenvalue weighted by molar-refractivity contribution is -0.384. The molecule has 0 aliphatic carbocycles. The summed E-state index contributed by atoms with van der Waals surface area (Å²) in [5, 5.41) is 16.6. The number of fused-ring (bicyclic) bond motifs is 1. The number of hydrogen-bond acceptors (Lipinski definition) is 5. The van der Waals surface area contributed by atoms with Crippen LogP contribution in [0, 0.1) is 10.1 Å². The predicted molar refractivity (Wildman–Crippen MR) is 107 cm³/mol. The maximum Gasteiger partial charge on any atom is 0.271 e. The zero-order chi connectivity index (χ0) is 19.4. The molecule has 0 saturated carbocycles. The molecule has 10 nitrogen and oxygen atoms in total. The third-order valence-electron chi connectivity index (χ3n) is 3.49. The van der Waals surface area contributed by atoms with Gasteiger partial charge in [0.2, 0.25) is 17.0 Å². The van der Waals surface area contributed by atoms with Crippen LogP contribution in [0.5, 0.6) is 5.75 Å². The number of benzene rings is 2. The molecular formula is C16H15N7O3S. The van der Waals surface area contributed by atoms with Crippen LogP contribution in [0.3, 0.4) is 0 Å². The first-order valence-corrected chi connectivity index (χ1v) is 8.06. The third kappa shape index (κ3) is 4.27. The molecule has 27 heavy (non-hydrogen) atoms. The van der Waals surface area contributed by atoms with Gasteiger partial charge in [-0.25, -0.2) is 4.98 Å². The SMILES string of the molecule is COc1ccccc1NC(=S)/N=C(\N)Nc1nc2ccc([N+](=O)[O-])cc2[nH]1. The van der Waals surface area contributed by atoms with E-state index in [4.69, 9.17) is 22.7 Å². The molecule has 1 heterocycles. The fourth-order valence-electron chi connectivity index (χ4n) is 2.32. The summed E-state index contributed by atoms with van der Waals surface area (Å²) in [4.78, 5) is 21.5. The number of H-pyrrole nitrogens is 1. The normalized spacial score (nSPS) is 11.2. The molecule has 1 aromatic heterocycles. The number of nitrogens with zero attached hydrogens (tertiary/aromatic N) is 3. The summed E-state index contributed by atoms with van der Waals surface area (Å²) in [7, 11) is 1.55. The molecule has 0 aliphatic heterocycles. The number of non-ortho nitro benzene ring substituents is 1. The van der Waals surface area contributed by atoms with E-state index in [0.717, 1.165) is 0 Å². The Morgan fingerprint density at radius 2 is 2.11 bits per heavy atom. The molecule has 3 rings (SSSR count). The Balaban J connectivity index is 1.72. The maximum absolute atomic E-state index is 10.8. The smallest absolute Gasteiger partial charge is 0.271 e. The Morgan fingerprint density at radius 1 is 1.33 bits per heavy atom. The van der Waals surface area contributed by atoms with Crippen LogP contribution in [-0.4, -0.2) is 33.1 Å². The van der Waals surface area contributed by atoms with Gasteiger partial charge in [0.15, 0.2) is 0 Å². The van der Waals surface area contributed by atoms with Gasteiger partial charge in [0.1, 0.15) is 5.75 Å². The first kappa shape index (κ1) is 18.1. The highest BCUT2D eigenvalue weighted by molar-refractivity contribution is 7.80. The third-order valence-corrected chi connectivity index (χ3v) is 3.69. The molecule has 0 amide bonds. The van der Waals surface area contributed by atoms with E-state index >= 15 is 0 Å². The number of thiocarbonyl (C=S) groups is 1. The van der Waals surface area contributed by atoms with Crippen molar-refractivity contribution in [2.45, 2.75) is 0 Å². The number of anilines is 2. The van der Waals surface area contributed by atoms with Crippen LogP contribution in [0.2, 0.25) is 0 Å². The number of methoxy groups -OCH3 is 1.